The average molecular weight is 268 g/mol. The normalized spacial score (nSPS) is 19.2. The smallest absolute Gasteiger partial charge is 0.335 e. The molecule has 5 heteroatoms. The highest BCUT2D eigenvalue weighted by molar-refractivity contribution is 7.91. The Morgan fingerprint density at radius 2 is 1.89 bits per heavy atom. The summed E-state index contributed by atoms with van der Waals surface area (Å²) in [5.74, 6) is -1.00. The fourth-order valence-electron chi connectivity index (χ4n) is 2.54. The molecule has 1 unspecified atom stereocenters. The van der Waals surface area contributed by atoms with Gasteiger partial charge in [0.1, 0.15) is 0 Å². The lowest BCUT2D eigenvalue weighted by Crippen LogP contribution is -2.32. The summed E-state index contributed by atoms with van der Waals surface area (Å²) in [7, 11) is -3.18. The molecule has 2 rings (SSSR count). The SMILES string of the molecule is CC(C1(c2ccccc2C(=O)O)CC1)S(C)(=O)=O. The van der Waals surface area contributed by atoms with E-state index in [1.165, 1.54) is 12.3 Å². The van der Waals surface area contributed by atoms with Crippen molar-refractivity contribution in [2.24, 2.45) is 0 Å². The maximum Gasteiger partial charge on any atom is 0.335 e. The first-order valence-electron chi connectivity index (χ1n) is 5.81. The second-order valence-corrected chi connectivity index (χ2v) is 7.34. The summed E-state index contributed by atoms with van der Waals surface area (Å²) in [5.41, 5.74) is 0.351. The van der Waals surface area contributed by atoms with Gasteiger partial charge < -0.3 is 5.11 Å². The molecule has 1 aliphatic rings. The largest absolute Gasteiger partial charge is 0.478 e. The zero-order valence-corrected chi connectivity index (χ0v) is 11.2. The van der Waals surface area contributed by atoms with Gasteiger partial charge in [0.25, 0.3) is 0 Å². The Kier molecular flexibility index (Phi) is 2.97. The minimum Gasteiger partial charge on any atom is -0.478 e. The van der Waals surface area contributed by atoms with E-state index < -0.39 is 26.5 Å². The van der Waals surface area contributed by atoms with Crippen LogP contribution in [0.5, 0.6) is 0 Å². The summed E-state index contributed by atoms with van der Waals surface area (Å²) in [6, 6.07) is 6.69. The summed E-state index contributed by atoms with van der Waals surface area (Å²) in [5, 5.41) is 8.64. The minimum absolute atomic E-state index is 0.213. The van der Waals surface area contributed by atoms with Crippen LogP contribution in [0.4, 0.5) is 0 Å². The van der Waals surface area contributed by atoms with Crippen molar-refractivity contribution < 1.29 is 18.3 Å². The van der Waals surface area contributed by atoms with Crippen LogP contribution in [0.1, 0.15) is 35.7 Å². The van der Waals surface area contributed by atoms with E-state index in [9.17, 15) is 18.3 Å². The lowest BCUT2D eigenvalue weighted by molar-refractivity contribution is 0.0694. The number of carboxylic acid groups (broad SMARTS) is 1. The minimum atomic E-state index is -3.18. The number of benzene rings is 1. The number of carbonyl (C=O) groups is 1. The molecule has 4 nitrogen and oxygen atoms in total. The molecule has 0 saturated heterocycles. The van der Waals surface area contributed by atoms with Crippen LogP contribution in [0.15, 0.2) is 24.3 Å². The number of hydrogen-bond donors (Lipinski definition) is 1. The van der Waals surface area contributed by atoms with Crippen LogP contribution in [0.25, 0.3) is 0 Å². The lowest BCUT2D eigenvalue weighted by atomic mass is 9.89. The molecule has 0 amide bonds. The van der Waals surface area contributed by atoms with Gasteiger partial charge in [-0.1, -0.05) is 18.2 Å². The molecule has 18 heavy (non-hydrogen) atoms. The summed E-state index contributed by atoms with van der Waals surface area (Å²) in [6.45, 7) is 1.67. The van der Waals surface area contributed by atoms with Gasteiger partial charge in [-0.25, -0.2) is 13.2 Å². The molecular weight excluding hydrogens is 252 g/mol. The van der Waals surface area contributed by atoms with E-state index in [0.717, 1.165) is 12.8 Å². The number of hydrogen-bond acceptors (Lipinski definition) is 3. The van der Waals surface area contributed by atoms with Crippen LogP contribution in [0, 0.1) is 0 Å². The second-order valence-electron chi connectivity index (χ2n) is 4.98. The number of rotatable bonds is 4. The van der Waals surface area contributed by atoms with Crippen molar-refractivity contribution in [3.8, 4) is 0 Å². The van der Waals surface area contributed by atoms with Crippen molar-refractivity contribution in [1.82, 2.24) is 0 Å². The van der Waals surface area contributed by atoms with Gasteiger partial charge in [0.05, 0.1) is 10.8 Å². The summed E-state index contributed by atoms with van der Waals surface area (Å²) < 4.78 is 23.4. The Morgan fingerprint density at radius 1 is 1.33 bits per heavy atom. The summed E-state index contributed by atoms with van der Waals surface area (Å²) in [6.07, 6.45) is 2.66. The van der Waals surface area contributed by atoms with E-state index in [1.807, 2.05) is 0 Å². The molecule has 98 valence electrons. The first-order chi connectivity index (χ1) is 8.29. The fraction of sp³-hybridized carbons (Fsp3) is 0.462. The third-order valence-electron chi connectivity index (χ3n) is 3.90. The highest BCUT2D eigenvalue weighted by Crippen LogP contribution is 2.53. The standard InChI is InChI=1S/C13H16O4S/c1-9(18(2,16)17)13(7-8-13)11-6-4-3-5-10(11)12(14)15/h3-6,9H,7-8H2,1-2H3,(H,14,15). The van der Waals surface area contributed by atoms with Crippen LogP contribution in [0.2, 0.25) is 0 Å². The van der Waals surface area contributed by atoms with Gasteiger partial charge in [-0.3, -0.25) is 0 Å². The maximum absolute atomic E-state index is 11.7. The van der Waals surface area contributed by atoms with Crippen molar-refractivity contribution in [2.75, 3.05) is 6.26 Å². The van der Waals surface area contributed by atoms with E-state index >= 15 is 0 Å². The zero-order chi connectivity index (χ0) is 13.6. The Balaban J connectivity index is 2.53. The second kappa shape index (κ2) is 4.09. The quantitative estimate of drug-likeness (QED) is 0.904. The average Bonchev–Trinajstić information content (AvgIpc) is 3.08. The number of carboxylic acids is 1. The van der Waals surface area contributed by atoms with Crippen LogP contribution in [-0.2, 0) is 15.3 Å². The Labute approximate surface area is 107 Å². The van der Waals surface area contributed by atoms with E-state index in [1.54, 1.807) is 25.1 Å². The van der Waals surface area contributed by atoms with Crippen molar-refractivity contribution in [2.45, 2.75) is 30.4 Å². The fourth-order valence-corrected chi connectivity index (χ4v) is 3.73. The summed E-state index contributed by atoms with van der Waals surface area (Å²) in [4.78, 5) is 11.2. The highest BCUT2D eigenvalue weighted by atomic mass is 32.2. The van der Waals surface area contributed by atoms with E-state index in [0.29, 0.717) is 5.56 Å². The Morgan fingerprint density at radius 3 is 2.33 bits per heavy atom. The van der Waals surface area contributed by atoms with E-state index in [2.05, 4.69) is 0 Å². The third kappa shape index (κ3) is 2.03. The van der Waals surface area contributed by atoms with Gasteiger partial charge in [0.2, 0.25) is 0 Å². The third-order valence-corrected chi connectivity index (χ3v) is 5.64. The van der Waals surface area contributed by atoms with E-state index in [-0.39, 0.29) is 5.56 Å². The van der Waals surface area contributed by atoms with Gasteiger partial charge in [-0.15, -0.1) is 0 Å². The molecule has 1 saturated carbocycles. The van der Waals surface area contributed by atoms with Gasteiger partial charge in [-0.2, -0.15) is 0 Å². The maximum atomic E-state index is 11.7. The molecular formula is C13H16O4S. The summed E-state index contributed by atoms with van der Waals surface area (Å²) >= 11 is 0. The molecule has 1 fully saturated rings. The first kappa shape index (κ1) is 13.1. The molecule has 1 aromatic carbocycles. The van der Waals surface area contributed by atoms with Gasteiger partial charge in [0, 0.05) is 11.7 Å². The first-order valence-corrected chi connectivity index (χ1v) is 7.76. The highest BCUT2D eigenvalue weighted by Gasteiger charge is 2.53. The van der Waals surface area contributed by atoms with Crippen LogP contribution in [-0.4, -0.2) is 31.0 Å². The predicted molar refractivity (Wildman–Crippen MR) is 68.6 cm³/mol. The molecule has 1 N–H and O–H groups in total. The molecule has 0 heterocycles. The predicted octanol–water partition coefficient (Wildman–Crippen LogP) is 1.85. The molecule has 1 aliphatic carbocycles. The number of sulfone groups is 1. The van der Waals surface area contributed by atoms with Gasteiger partial charge in [0.15, 0.2) is 9.84 Å². The number of aromatic carboxylic acids is 1. The van der Waals surface area contributed by atoms with Gasteiger partial charge >= 0.3 is 5.97 Å². The zero-order valence-electron chi connectivity index (χ0n) is 10.4. The van der Waals surface area contributed by atoms with E-state index in [4.69, 9.17) is 0 Å². The molecule has 0 radical (unpaired) electrons. The van der Waals surface area contributed by atoms with Crippen molar-refractivity contribution >= 4 is 15.8 Å². The Bertz CT molecular complexity index is 585. The molecule has 1 atom stereocenters. The van der Waals surface area contributed by atoms with Crippen molar-refractivity contribution in [3.63, 3.8) is 0 Å². The Hall–Kier alpha value is -1.36. The molecule has 0 aromatic heterocycles. The lowest BCUT2D eigenvalue weighted by Gasteiger charge is -2.23. The van der Waals surface area contributed by atoms with Crippen LogP contribution >= 0.6 is 0 Å². The van der Waals surface area contributed by atoms with Crippen LogP contribution in [0.3, 0.4) is 0 Å². The molecule has 1 aromatic rings. The van der Waals surface area contributed by atoms with Crippen molar-refractivity contribution in [1.29, 1.82) is 0 Å². The van der Waals surface area contributed by atoms with Gasteiger partial charge in [-0.05, 0) is 31.4 Å². The molecule has 0 aliphatic heterocycles. The monoisotopic (exact) mass is 268 g/mol. The molecule has 0 spiro atoms. The molecule has 0 bridgehead atoms. The van der Waals surface area contributed by atoms with Crippen LogP contribution < -0.4 is 0 Å². The topological polar surface area (TPSA) is 71.4 Å². The van der Waals surface area contributed by atoms with Crippen molar-refractivity contribution in [3.05, 3.63) is 35.4 Å².